The number of aromatic nitrogens is 2. The molecule has 0 amide bonds. The topological polar surface area (TPSA) is 29.9 Å². The molecule has 0 saturated heterocycles. The molecule has 0 spiro atoms. The van der Waals surface area contributed by atoms with Crippen molar-refractivity contribution in [3.63, 3.8) is 0 Å². The van der Waals surface area contributed by atoms with Crippen LogP contribution < -0.4 is 4.57 Å². The number of hydrogen-bond acceptors (Lipinski definition) is 2. The molecule has 0 fully saturated rings. The molecular weight excluding hydrogens is 284 g/mol. The van der Waals surface area contributed by atoms with Gasteiger partial charge in [0.1, 0.15) is 18.1 Å². The molecule has 114 valence electrons. The highest BCUT2D eigenvalue weighted by Crippen LogP contribution is 2.32. The minimum Gasteiger partial charge on any atom is -0.454 e. The van der Waals surface area contributed by atoms with Gasteiger partial charge in [-0.15, -0.1) is 0 Å². The molecule has 0 N–H and O–H groups in total. The number of pyridine rings is 2. The maximum absolute atomic E-state index is 7.57. The third kappa shape index (κ3) is 2.20. The molecule has 3 heterocycles. The van der Waals surface area contributed by atoms with Gasteiger partial charge >= 0.3 is 0 Å². The molecule has 0 aliphatic rings. The Bertz CT molecular complexity index is 1160. The number of hydrogen-bond donors (Lipinski definition) is 0. The number of benzene rings is 1. The molecule has 0 saturated carbocycles. The monoisotopic (exact) mass is 306 g/mol. The Morgan fingerprint density at radius 3 is 2.74 bits per heavy atom. The van der Waals surface area contributed by atoms with Crippen molar-refractivity contribution < 1.29 is 13.1 Å². The lowest BCUT2D eigenvalue weighted by Crippen LogP contribution is -2.31. The van der Waals surface area contributed by atoms with Crippen molar-refractivity contribution in [3.8, 4) is 11.3 Å². The van der Waals surface area contributed by atoms with Crippen LogP contribution >= 0.6 is 0 Å². The lowest BCUT2D eigenvalue weighted by atomic mass is 10.0. The molecule has 1 aromatic carbocycles. The summed E-state index contributed by atoms with van der Waals surface area (Å²) in [7, 11) is 1.86. The van der Waals surface area contributed by atoms with E-state index in [1.54, 1.807) is 12.3 Å². The molecule has 23 heavy (non-hydrogen) atoms. The van der Waals surface area contributed by atoms with E-state index in [4.69, 9.17) is 8.53 Å². The second-order valence-corrected chi connectivity index (χ2v) is 5.98. The van der Waals surface area contributed by atoms with Crippen molar-refractivity contribution >= 4 is 22.1 Å². The highest BCUT2D eigenvalue weighted by Gasteiger charge is 2.17. The van der Waals surface area contributed by atoms with E-state index >= 15 is 0 Å². The molecule has 3 nitrogen and oxygen atoms in total. The van der Waals surface area contributed by atoms with Crippen LogP contribution in [0.3, 0.4) is 0 Å². The van der Waals surface area contributed by atoms with Gasteiger partial charge in [-0.2, -0.15) is 0 Å². The summed E-state index contributed by atoms with van der Waals surface area (Å²) in [6.07, 6.45) is 1.66. The maximum atomic E-state index is 7.57. The van der Waals surface area contributed by atoms with Crippen molar-refractivity contribution in [2.24, 2.45) is 7.05 Å². The lowest BCUT2D eigenvalue weighted by Gasteiger charge is -2.05. The number of nitrogens with zero attached hydrogens (tertiary/aromatic N) is 2. The van der Waals surface area contributed by atoms with Gasteiger partial charge in [0.05, 0.1) is 5.56 Å². The zero-order valence-electron chi connectivity index (χ0n) is 16.3. The van der Waals surface area contributed by atoms with Crippen LogP contribution in [-0.2, 0) is 7.05 Å². The average molecular weight is 306 g/mol. The van der Waals surface area contributed by atoms with Gasteiger partial charge in [-0.1, -0.05) is 0 Å². The summed E-state index contributed by atoms with van der Waals surface area (Å²) >= 11 is 0. The first-order valence-corrected chi connectivity index (χ1v) is 7.55. The molecule has 0 atom stereocenters. The van der Waals surface area contributed by atoms with E-state index in [1.807, 2.05) is 49.7 Å². The van der Waals surface area contributed by atoms with Crippen LogP contribution in [0, 0.1) is 20.7 Å². The fourth-order valence-electron chi connectivity index (χ4n) is 3.06. The van der Waals surface area contributed by atoms with Crippen LogP contribution in [0.15, 0.2) is 47.0 Å². The van der Waals surface area contributed by atoms with Gasteiger partial charge in [0, 0.05) is 26.8 Å². The zero-order chi connectivity index (χ0) is 18.6. The van der Waals surface area contributed by atoms with Crippen molar-refractivity contribution in [1.82, 2.24) is 4.98 Å². The molecule has 0 unspecified atom stereocenters. The Hall–Kier alpha value is -2.68. The van der Waals surface area contributed by atoms with E-state index < -0.39 is 6.85 Å². The van der Waals surface area contributed by atoms with Gasteiger partial charge in [0.15, 0.2) is 11.8 Å². The standard InChI is InChI=1S/C20H19N2O/c1-12-5-7-17(22(4)11-12)15-10-19-16(9-13(15)2)20-18(23-19)8-6-14(3)21-20/h5-11H,1-4H3/q+1/i1D3. The predicted octanol–water partition coefficient (Wildman–Crippen LogP) is 4.40. The highest BCUT2D eigenvalue weighted by atomic mass is 16.3. The second kappa shape index (κ2) is 4.92. The first-order valence-electron chi connectivity index (χ1n) is 9.05. The Morgan fingerprint density at radius 2 is 1.96 bits per heavy atom. The van der Waals surface area contributed by atoms with Crippen molar-refractivity contribution in [2.45, 2.75) is 20.7 Å². The fourth-order valence-corrected chi connectivity index (χ4v) is 3.06. The van der Waals surface area contributed by atoms with E-state index in [2.05, 4.69) is 11.1 Å². The summed E-state index contributed by atoms with van der Waals surface area (Å²) in [5.74, 6) is 0. The van der Waals surface area contributed by atoms with Crippen LogP contribution in [0.5, 0.6) is 0 Å². The van der Waals surface area contributed by atoms with Crippen molar-refractivity contribution in [2.75, 3.05) is 0 Å². The molecule has 0 radical (unpaired) electrons. The highest BCUT2D eigenvalue weighted by molar-refractivity contribution is 6.04. The van der Waals surface area contributed by atoms with Gasteiger partial charge in [-0.05, 0) is 56.6 Å². The molecule has 0 aliphatic heterocycles. The smallest absolute Gasteiger partial charge is 0.212 e. The minimum atomic E-state index is -2.11. The quantitative estimate of drug-likeness (QED) is 0.488. The Labute approximate surface area is 139 Å². The summed E-state index contributed by atoms with van der Waals surface area (Å²) in [5.41, 5.74) is 6.72. The third-order valence-corrected chi connectivity index (χ3v) is 4.21. The molecule has 4 aromatic rings. The minimum absolute atomic E-state index is 0.325. The van der Waals surface area contributed by atoms with E-state index in [1.165, 1.54) is 0 Å². The second-order valence-electron chi connectivity index (χ2n) is 5.98. The molecule has 0 aliphatic carbocycles. The predicted molar refractivity (Wildman–Crippen MR) is 92.3 cm³/mol. The van der Waals surface area contributed by atoms with Gasteiger partial charge in [-0.3, -0.25) is 0 Å². The first kappa shape index (κ1) is 10.9. The van der Waals surface area contributed by atoms with Gasteiger partial charge < -0.3 is 4.42 Å². The Morgan fingerprint density at radius 1 is 1.09 bits per heavy atom. The number of furan rings is 1. The normalized spacial score (nSPS) is 14.0. The van der Waals surface area contributed by atoms with Gasteiger partial charge in [-0.25, -0.2) is 9.55 Å². The van der Waals surface area contributed by atoms with E-state index in [0.717, 1.165) is 44.6 Å². The summed E-state index contributed by atoms with van der Waals surface area (Å²) in [6, 6.07) is 11.5. The van der Waals surface area contributed by atoms with Crippen LogP contribution in [0.4, 0.5) is 0 Å². The molecule has 3 aromatic heterocycles. The summed E-state index contributed by atoms with van der Waals surface area (Å²) in [4.78, 5) is 4.60. The summed E-state index contributed by atoms with van der Waals surface area (Å²) in [6.45, 7) is 1.89. The van der Waals surface area contributed by atoms with E-state index in [0.29, 0.717) is 5.56 Å². The SMILES string of the molecule is [2H]C([2H])([2H])c1ccc(-c2cc3oc4ccc(C)nc4c3cc2C)[n+](C)c1. The molecule has 3 heteroatoms. The van der Waals surface area contributed by atoms with Gasteiger partial charge in [0.2, 0.25) is 5.69 Å². The third-order valence-electron chi connectivity index (χ3n) is 4.21. The number of rotatable bonds is 1. The Balaban J connectivity index is 1.92. The largest absolute Gasteiger partial charge is 0.454 e. The number of aryl methyl sites for hydroxylation is 4. The van der Waals surface area contributed by atoms with Crippen molar-refractivity contribution in [1.29, 1.82) is 0 Å². The molecular formula is C20H19N2O+. The summed E-state index contributed by atoms with van der Waals surface area (Å²) < 4.78 is 30.5. The van der Waals surface area contributed by atoms with Gasteiger partial charge in [0.25, 0.3) is 0 Å². The maximum Gasteiger partial charge on any atom is 0.212 e. The van der Waals surface area contributed by atoms with E-state index in [9.17, 15) is 0 Å². The van der Waals surface area contributed by atoms with Crippen LogP contribution in [-0.4, -0.2) is 4.98 Å². The zero-order valence-corrected chi connectivity index (χ0v) is 13.3. The van der Waals surface area contributed by atoms with Crippen molar-refractivity contribution in [3.05, 3.63) is 59.4 Å². The lowest BCUT2D eigenvalue weighted by molar-refractivity contribution is -0.660. The number of fused-ring (bicyclic) bond motifs is 3. The fraction of sp³-hybridized carbons (Fsp3) is 0.200. The Kier molecular flexibility index (Phi) is 2.34. The van der Waals surface area contributed by atoms with Crippen LogP contribution in [0.2, 0.25) is 0 Å². The molecule has 4 rings (SSSR count). The summed E-state index contributed by atoms with van der Waals surface area (Å²) in [5, 5.41) is 0.992. The molecule has 0 bridgehead atoms. The van der Waals surface area contributed by atoms with Crippen LogP contribution in [0.1, 0.15) is 20.9 Å². The van der Waals surface area contributed by atoms with E-state index in [-0.39, 0.29) is 0 Å². The average Bonchev–Trinajstić information content (AvgIpc) is 2.90. The van der Waals surface area contributed by atoms with Crippen LogP contribution in [0.25, 0.3) is 33.3 Å². The first-order chi connectivity index (χ1) is 12.2.